The Bertz CT molecular complexity index is 555. The maximum absolute atomic E-state index is 6.17. The monoisotopic (exact) mass is 302 g/mol. The maximum Gasteiger partial charge on any atom is 0.0882 e. The van der Waals surface area contributed by atoms with Crippen LogP contribution < -0.4 is 5.73 Å². The second-order valence-corrected chi connectivity index (χ2v) is 6.14. The third-order valence-corrected chi connectivity index (χ3v) is 4.53. The molecule has 2 heterocycles. The molecule has 5 nitrogen and oxygen atoms in total. The Balaban J connectivity index is 1.60. The lowest BCUT2D eigenvalue weighted by atomic mass is 9.97. The lowest BCUT2D eigenvalue weighted by Crippen LogP contribution is -2.34. The van der Waals surface area contributed by atoms with Gasteiger partial charge in [-0.25, -0.2) is 0 Å². The van der Waals surface area contributed by atoms with Crippen LogP contribution >= 0.6 is 0 Å². The molecule has 2 aliphatic rings. The van der Waals surface area contributed by atoms with E-state index in [1.807, 2.05) is 36.1 Å². The minimum atomic E-state index is 0.0764. The first-order valence-electron chi connectivity index (χ1n) is 8.23. The topological polar surface area (TPSA) is 56.3 Å². The zero-order valence-electron chi connectivity index (χ0n) is 13.4. The number of ether oxygens (including phenoxy) is 1. The molecule has 1 aliphatic heterocycles. The smallest absolute Gasteiger partial charge is 0.0882 e. The summed E-state index contributed by atoms with van der Waals surface area (Å²) in [6, 6.07) is 2.02. The maximum atomic E-state index is 6.17. The van der Waals surface area contributed by atoms with Gasteiger partial charge in [-0.2, -0.15) is 5.10 Å². The molecule has 1 atom stereocenters. The van der Waals surface area contributed by atoms with Crippen molar-refractivity contribution in [1.29, 1.82) is 0 Å². The van der Waals surface area contributed by atoms with Crippen molar-refractivity contribution in [3.05, 3.63) is 35.8 Å². The Morgan fingerprint density at radius 3 is 2.86 bits per heavy atom. The van der Waals surface area contributed by atoms with Crippen LogP contribution in [0, 0.1) is 0 Å². The highest BCUT2D eigenvalue weighted by atomic mass is 16.5. The van der Waals surface area contributed by atoms with E-state index in [0.717, 1.165) is 36.5 Å². The van der Waals surface area contributed by atoms with Crippen LogP contribution in [0.1, 0.15) is 31.4 Å². The van der Waals surface area contributed by atoms with Gasteiger partial charge >= 0.3 is 0 Å². The zero-order valence-corrected chi connectivity index (χ0v) is 13.4. The summed E-state index contributed by atoms with van der Waals surface area (Å²) >= 11 is 0. The molecular weight excluding hydrogens is 276 g/mol. The fourth-order valence-corrected chi connectivity index (χ4v) is 3.26. The predicted octanol–water partition coefficient (Wildman–Crippen LogP) is 1.92. The quantitative estimate of drug-likeness (QED) is 0.903. The molecule has 5 heteroatoms. The van der Waals surface area contributed by atoms with Gasteiger partial charge in [0.15, 0.2) is 0 Å². The van der Waals surface area contributed by atoms with Gasteiger partial charge in [0, 0.05) is 31.1 Å². The Hall–Kier alpha value is -1.59. The highest BCUT2D eigenvalue weighted by Gasteiger charge is 2.22. The van der Waals surface area contributed by atoms with Gasteiger partial charge in [0.25, 0.3) is 0 Å². The van der Waals surface area contributed by atoms with Crippen LogP contribution in [0.4, 0.5) is 0 Å². The number of piperidine rings is 1. The molecule has 0 amide bonds. The van der Waals surface area contributed by atoms with Crippen LogP contribution in [0.15, 0.2) is 30.1 Å². The number of rotatable bonds is 5. The molecule has 0 aromatic carbocycles. The van der Waals surface area contributed by atoms with Gasteiger partial charge in [-0.05, 0) is 44.5 Å². The number of hydrogen-bond donors (Lipinski definition) is 1. The van der Waals surface area contributed by atoms with Crippen molar-refractivity contribution in [1.82, 2.24) is 14.7 Å². The molecular formula is C17H26N4O. The lowest BCUT2D eigenvalue weighted by molar-refractivity contribution is 0.0657. The van der Waals surface area contributed by atoms with E-state index in [9.17, 15) is 0 Å². The summed E-state index contributed by atoms with van der Waals surface area (Å²) in [5.41, 5.74) is 9.01. The van der Waals surface area contributed by atoms with Crippen molar-refractivity contribution in [3.63, 3.8) is 0 Å². The van der Waals surface area contributed by atoms with E-state index in [1.165, 1.54) is 32.4 Å². The van der Waals surface area contributed by atoms with Crippen LogP contribution in [-0.4, -0.2) is 47.0 Å². The van der Waals surface area contributed by atoms with Crippen molar-refractivity contribution in [2.45, 2.75) is 31.8 Å². The predicted molar refractivity (Wildman–Crippen MR) is 88.1 cm³/mol. The molecule has 1 aromatic rings. The molecule has 1 aliphatic carbocycles. The Kier molecular flexibility index (Phi) is 4.95. The van der Waals surface area contributed by atoms with Gasteiger partial charge < -0.3 is 15.4 Å². The fraction of sp³-hybridized carbons (Fsp3) is 0.588. The molecule has 0 spiro atoms. The summed E-state index contributed by atoms with van der Waals surface area (Å²) in [7, 11) is 1.95. The molecule has 1 aromatic heterocycles. The van der Waals surface area contributed by atoms with Gasteiger partial charge in [0.05, 0.1) is 18.4 Å². The van der Waals surface area contributed by atoms with Crippen LogP contribution in [0.3, 0.4) is 0 Å². The Labute approximate surface area is 132 Å². The van der Waals surface area contributed by atoms with Crippen molar-refractivity contribution >= 4 is 5.57 Å². The van der Waals surface area contributed by atoms with Gasteiger partial charge in [-0.3, -0.25) is 4.68 Å². The number of likely N-dealkylation sites (tertiary alicyclic amines) is 1. The lowest BCUT2D eigenvalue weighted by Gasteiger charge is -2.28. The van der Waals surface area contributed by atoms with Crippen molar-refractivity contribution in [3.8, 4) is 0 Å². The molecule has 0 radical (unpaired) electrons. The van der Waals surface area contributed by atoms with E-state index < -0.39 is 0 Å². The number of aromatic nitrogens is 2. The molecule has 120 valence electrons. The second kappa shape index (κ2) is 7.11. The van der Waals surface area contributed by atoms with E-state index in [0.29, 0.717) is 0 Å². The van der Waals surface area contributed by atoms with E-state index in [-0.39, 0.29) is 6.10 Å². The molecule has 2 N–H and O–H groups in total. The molecule has 22 heavy (non-hydrogen) atoms. The highest BCUT2D eigenvalue weighted by molar-refractivity contribution is 5.70. The minimum absolute atomic E-state index is 0.0764. The summed E-state index contributed by atoms with van der Waals surface area (Å²) < 4.78 is 8.05. The number of allylic oxidation sites excluding steroid dienone is 1. The summed E-state index contributed by atoms with van der Waals surface area (Å²) in [5.74, 6) is 0. The van der Waals surface area contributed by atoms with Gasteiger partial charge in [-0.15, -0.1) is 0 Å². The summed E-state index contributed by atoms with van der Waals surface area (Å²) in [5, 5.41) is 4.26. The second-order valence-electron chi connectivity index (χ2n) is 6.14. The van der Waals surface area contributed by atoms with E-state index >= 15 is 0 Å². The summed E-state index contributed by atoms with van der Waals surface area (Å²) in [4.78, 5) is 2.50. The van der Waals surface area contributed by atoms with Crippen LogP contribution in [0.5, 0.6) is 0 Å². The molecule has 1 saturated heterocycles. The molecule has 1 fully saturated rings. The van der Waals surface area contributed by atoms with E-state index in [4.69, 9.17) is 10.5 Å². The van der Waals surface area contributed by atoms with Crippen LogP contribution in [-0.2, 0) is 11.8 Å². The largest absolute Gasteiger partial charge is 0.399 e. The third kappa shape index (κ3) is 3.59. The molecule has 0 bridgehead atoms. The van der Waals surface area contributed by atoms with Gasteiger partial charge in [0.2, 0.25) is 0 Å². The van der Waals surface area contributed by atoms with Gasteiger partial charge in [0.1, 0.15) is 0 Å². The van der Waals surface area contributed by atoms with E-state index in [1.54, 1.807) is 0 Å². The average molecular weight is 302 g/mol. The highest BCUT2D eigenvalue weighted by Crippen LogP contribution is 2.27. The standard InChI is InChI=1S/C17H26N4O/c1-20-16(7-8-19-20)15-13-14(18)5-6-17(15)22-12-11-21-9-3-2-4-10-21/h5,7-8,13,17H,2-4,6,9-12,18H2,1H3. The molecule has 3 rings (SSSR count). The number of nitrogens with two attached hydrogens (primary N) is 1. The first-order valence-corrected chi connectivity index (χ1v) is 8.23. The van der Waals surface area contributed by atoms with Crippen molar-refractivity contribution in [2.24, 2.45) is 12.8 Å². The first-order chi connectivity index (χ1) is 10.7. The van der Waals surface area contributed by atoms with E-state index in [2.05, 4.69) is 10.00 Å². The number of hydrogen-bond acceptors (Lipinski definition) is 4. The Morgan fingerprint density at radius 2 is 2.14 bits per heavy atom. The zero-order chi connectivity index (χ0) is 15.4. The van der Waals surface area contributed by atoms with Crippen molar-refractivity contribution in [2.75, 3.05) is 26.2 Å². The Morgan fingerprint density at radius 1 is 1.32 bits per heavy atom. The summed E-state index contributed by atoms with van der Waals surface area (Å²) in [6.07, 6.45) is 10.8. The van der Waals surface area contributed by atoms with Crippen LogP contribution in [0.25, 0.3) is 5.57 Å². The minimum Gasteiger partial charge on any atom is -0.399 e. The normalized spacial score (nSPS) is 23.2. The molecule has 1 unspecified atom stereocenters. The molecule has 0 saturated carbocycles. The number of nitrogens with zero attached hydrogens (tertiary/aromatic N) is 3. The SMILES string of the molecule is Cn1nccc1C1=CC(N)=CCC1OCCN1CCCCC1. The average Bonchev–Trinajstić information content (AvgIpc) is 2.96. The number of aryl methyl sites for hydroxylation is 1. The van der Waals surface area contributed by atoms with Crippen LogP contribution in [0.2, 0.25) is 0 Å². The van der Waals surface area contributed by atoms with Crippen molar-refractivity contribution < 1.29 is 4.74 Å². The third-order valence-electron chi connectivity index (χ3n) is 4.53. The first kappa shape index (κ1) is 15.3. The fourth-order valence-electron chi connectivity index (χ4n) is 3.26. The van der Waals surface area contributed by atoms with Gasteiger partial charge in [-0.1, -0.05) is 12.5 Å². The summed E-state index contributed by atoms with van der Waals surface area (Å²) in [6.45, 7) is 4.22.